The quantitative estimate of drug-likeness (QED) is 0.775. The van der Waals surface area contributed by atoms with Crippen LogP contribution in [0.5, 0.6) is 5.75 Å². The first-order valence-electron chi connectivity index (χ1n) is 8.44. The number of halogens is 1. The number of phenolic OH excluding ortho intramolecular Hbond substituents is 1. The SMILES string of the molecule is Cc1cccc(/C=C/C2=NC(=C\c3ccc(O)c(Cl)c3)/C(=O)N2CCO)c1. The zero-order chi connectivity index (χ0) is 19.4. The van der Waals surface area contributed by atoms with Crippen molar-refractivity contribution in [2.75, 3.05) is 13.2 Å². The number of amides is 1. The molecule has 138 valence electrons. The number of aliphatic imine (C=N–C) groups is 1. The molecule has 1 aliphatic heterocycles. The minimum absolute atomic E-state index is 0.0243. The molecule has 2 aromatic carbocycles. The molecule has 3 rings (SSSR count). The molecule has 1 heterocycles. The molecule has 0 unspecified atom stereocenters. The van der Waals surface area contributed by atoms with E-state index in [-0.39, 0.29) is 35.5 Å². The highest BCUT2D eigenvalue weighted by atomic mass is 35.5. The lowest BCUT2D eigenvalue weighted by Gasteiger charge is -2.14. The minimum atomic E-state index is -0.294. The van der Waals surface area contributed by atoms with Gasteiger partial charge in [-0.1, -0.05) is 53.6 Å². The number of nitrogens with zero attached hydrogens (tertiary/aromatic N) is 2. The van der Waals surface area contributed by atoms with E-state index in [0.717, 1.165) is 11.1 Å². The fourth-order valence-corrected chi connectivity index (χ4v) is 2.92. The number of carbonyl (C=O) groups excluding carboxylic acids is 1. The van der Waals surface area contributed by atoms with Crippen LogP contribution in [0.1, 0.15) is 16.7 Å². The molecular weight excluding hydrogens is 364 g/mol. The van der Waals surface area contributed by atoms with Gasteiger partial charge < -0.3 is 10.2 Å². The van der Waals surface area contributed by atoms with Gasteiger partial charge in [-0.05, 0) is 42.3 Å². The minimum Gasteiger partial charge on any atom is -0.506 e. The van der Waals surface area contributed by atoms with E-state index >= 15 is 0 Å². The number of hydrogen-bond donors (Lipinski definition) is 2. The highest BCUT2D eigenvalue weighted by Crippen LogP contribution is 2.26. The van der Waals surface area contributed by atoms with E-state index < -0.39 is 0 Å². The number of aliphatic hydroxyl groups excluding tert-OH is 1. The number of carbonyl (C=O) groups is 1. The van der Waals surface area contributed by atoms with Crippen molar-refractivity contribution in [3.05, 3.63) is 76.0 Å². The van der Waals surface area contributed by atoms with Gasteiger partial charge in [-0.3, -0.25) is 9.69 Å². The molecule has 0 fully saturated rings. The van der Waals surface area contributed by atoms with Crippen molar-refractivity contribution in [1.82, 2.24) is 4.90 Å². The van der Waals surface area contributed by atoms with Gasteiger partial charge in [0.1, 0.15) is 17.3 Å². The Morgan fingerprint density at radius 1 is 1.15 bits per heavy atom. The molecular formula is C21H19ClN2O3. The number of amidine groups is 1. The highest BCUT2D eigenvalue weighted by molar-refractivity contribution is 6.32. The fraction of sp³-hybridized carbons (Fsp3) is 0.143. The molecule has 5 nitrogen and oxygen atoms in total. The fourth-order valence-electron chi connectivity index (χ4n) is 2.73. The molecule has 2 N–H and O–H groups in total. The zero-order valence-corrected chi connectivity index (χ0v) is 15.5. The van der Waals surface area contributed by atoms with Crippen LogP contribution in [0.2, 0.25) is 5.02 Å². The molecule has 1 amide bonds. The summed E-state index contributed by atoms with van der Waals surface area (Å²) in [6.45, 7) is 2.00. The zero-order valence-electron chi connectivity index (χ0n) is 14.8. The van der Waals surface area contributed by atoms with Crippen LogP contribution in [0.25, 0.3) is 12.2 Å². The average molecular weight is 383 g/mol. The van der Waals surface area contributed by atoms with Crippen LogP contribution in [0, 0.1) is 6.92 Å². The Hall–Kier alpha value is -2.89. The Bertz CT molecular complexity index is 964. The summed E-state index contributed by atoms with van der Waals surface area (Å²) in [4.78, 5) is 18.5. The third-order valence-electron chi connectivity index (χ3n) is 4.04. The maximum atomic E-state index is 12.6. The Morgan fingerprint density at radius 2 is 1.96 bits per heavy atom. The van der Waals surface area contributed by atoms with E-state index in [2.05, 4.69) is 4.99 Å². The summed E-state index contributed by atoms with van der Waals surface area (Å²) in [5.41, 5.74) is 3.03. The van der Waals surface area contributed by atoms with Crippen molar-refractivity contribution in [2.45, 2.75) is 6.92 Å². The van der Waals surface area contributed by atoms with Gasteiger partial charge in [-0.15, -0.1) is 0 Å². The summed E-state index contributed by atoms with van der Waals surface area (Å²) >= 11 is 5.92. The molecule has 0 bridgehead atoms. The summed E-state index contributed by atoms with van der Waals surface area (Å²) in [7, 11) is 0. The topological polar surface area (TPSA) is 73.1 Å². The Labute approximate surface area is 162 Å². The number of β-amino-alcohol motifs (C(OH)–C–C–N with tert-alkyl or cyclic N) is 1. The number of hydrogen-bond acceptors (Lipinski definition) is 4. The summed E-state index contributed by atoms with van der Waals surface area (Å²) in [6.07, 6.45) is 5.24. The molecule has 0 spiro atoms. The third kappa shape index (κ3) is 4.45. The maximum absolute atomic E-state index is 12.6. The van der Waals surface area contributed by atoms with Gasteiger partial charge in [0.15, 0.2) is 0 Å². The third-order valence-corrected chi connectivity index (χ3v) is 4.34. The van der Waals surface area contributed by atoms with Crippen molar-refractivity contribution in [2.24, 2.45) is 4.99 Å². The normalized spacial score (nSPS) is 15.8. The number of aliphatic hydroxyl groups is 1. The second-order valence-electron chi connectivity index (χ2n) is 6.14. The largest absolute Gasteiger partial charge is 0.506 e. The molecule has 0 aliphatic carbocycles. The average Bonchev–Trinajstić information content (AvgIpc) is 2.92. The second kappa shape index (κ2) is 8.20. The van der Waals surface area contributed by atoms with E-state index in [4.69, 9.17) is 11.6 Å². The first-order valence-corrected chi connectivity index (χ1v) is 8.82. The Balaban J connectivity index is 1.92. The lowest BCUT2D eigenvalue weighted by Crippen LogP contribution is -2.33. The van der Waals surface area contributed by atoms with E-state index in [1.54, 1.807) is 24.3 Å². The van der Waals surface area contributed by atoms with Crippen LogP contribution < -0.4 is 0 Å². The highest BCUT2D eigenvalue weighted by Gasteiger charge is 2.28. The van der Waals surface area contributed by atoms with Gasteiger partial charge in [0.25, 0.3) is 5.91 Å². The molecule has 0 saturated heterocycles. The van der Waals surface area contributed by atoms with Crippen molar-refractivity contribution in [3.63, 3.8) is 0 Å². The second-order valence-corrected chi connectivity index (χ2v) is 6.55. The van der Waals surface area contributed by atoms with E-state index in [1.165, 1.54) is 11.0 Å². The Kier molecular flexibility index (Phi) is 5.74. The smallest absolute Gasteiger partial charge is 0.278 e. The van der Waals surface area contributed by atoms with Gasteiger partial charge in [0, 0.05) is 0 Å². The molecule has 2 aromatic rings. The lowest BCUT2D eigenvalue weighted by atomic mass is 10.1. The van der Waals surface area contributed by atoms with Crippen molar-refractivity contribution >= 4 is 35.5 Å². The van der Waals surface area contributed by atoms with Crippen LogP contribution in [0.4, 0.5) is 0 Å². The summed E-state index contributed by atoms with van der Waals surface area (Å²) < 4.78 is 0. The molecule has 1 aliphatic rings. The predicted molar refractivity (Wildman–Crippen MR) is 108 cm³/mol. The number of aryl methyl sites for hydroxylation is 1. The lowest BCUT2D eigenvalue weighted by molar-refractivity contribution is -0.122. The standard InChI is InChI=1S/C21H19ClN2O3/c1-14-3-2-4-15(11-14)6-8-20-23-18(21(27)24(20)9-10-25)13-16-5-7-19(26)17(22)12-16/h2-8,11-13,25-26H,9-10H2,1H3/b8-6+,18-13-. The molecule has 6 heteroatoms. The van der Waals surface area contributed by atoms with Gasteiger partial charge in [-0.2, -0.15) is 0 Å². The van der Waals surface area contributed by atoms with Crippen LogP contribution in [0.15, 0.2) is 59.2 Å². The van der Waals surface area contributed by atoms with Crippen LogP contribution >= 0.6 is 11.6 Å². The van der Waals surface area contributed by atoms with Gasteiger partial charge >= 0.3 is 0 Å². The number of aromatic hydroxyl groups is 1. The first-order chi connectivity index (χ1) is 13.0. The predicted octanol–water partition coefficient (Wildman–Crippen LogP) is 3.64. The molecule has 0 aromatic heterocycles. The van der Waals surface area contributed by atoms with Gasteiger partial charge in [-0.25, -0.2) is 4.99 Å². The molecule has 0 atom stereocenters. The number of phenols is 1. The molecule has 0 saturated carbocycles. The first kappa shape index (κ1) is 18.9. The molecule has 27 heavy (non-hydrogen) atoms. The van der Waals surface area contributed by atoms with E-state index in [9.17, 15) is 15.0 Å². The van der Waals surface area contributed by atoms with Gasteiger partial charge in [0.2, 0.25) is 0 Å². The van der Waals surface area contributed by atoms with Crippen molar-refractivity contribution < 1.29 is 15.0 Å². The van der Waals surface area contributed by atoms with E-state index in [0.29, 0.717) is 11.4 Å². The van der Waals surface area contributed by atoms with Crippen molar-refractivity contribution in [1.29, 1.82) is 0 Å². The summed E-state index contributed by atoms with van der Waals surface area (Å²) in [5, 5.41) is 19.0. The van der Waals surface area contributed by atoms with Crippen molar-refractivity contribution in [3.8, 4) is 5.75 Å². The maximum Gasteiger partial charge on any atom is 0.278 e. The summed E-state index contributed by atoms with van der Waals surface area (Å²) in [5.74, 6) is 0.146. The summed E-state index contributed by atoms with van der Waals surface area (Å²) in [6, 6.07) is 12.6. The molecule has 0 radical (unpaired) electrons. The van der Waals surface area contributed by atoms with E-state index in [1.807, 2.05) is 37.3 Å². The van der Waals surface area contributed by atoms with Gasteiger partial charge in [0.05, 0.1) is 18.2 Å². The van der Waals surface area contributed by atoms with Crippen LogP contribution in [-0.4, -0.2) is 40.0 Å². The Morgan fingerprint density at radius 3 is 2.67 bits per heavy atom. The van der Waals surface area contributed by atoms with Crippen LogP contribution in [-0.2, 0) is 4.79 Å². The number of benzene rings is 2. The monoisotopic (exact) mass is 382 g/mol. The number of rotatable bonds is 5. The van der Waals surface area contributed by atoms with Crippen LogP contribution in [0.3, 0.4) is 0 Å².